The topological polar surface area (TPSA) is 104 Å². The quantitative estimate of drug-likeness (QED) is 0.539. The summed E-state index contributed by atoms with van der Waals surface area (Å²) in [7, 11) is 0. The van der Waals surface area contributed by atoms with Gasteiger partial charge in [-0.1, -0.05) is 0 Å². The molecule has 15 heavy (non-hydrogen) atoms. The number of nitrogens with one attached hydrogen (secondary N) is 2. The average molecular weight is 210 g/mol. The molecule has 1 saturated carbocycles. The number of aromatic nitrogens is 2. The maximum absolute atomic E-state index is 11.5. The highest BCUT2D eigenvalue weighted by molar-refractivity contribution is 5.92. The molecule has 0 unspecified atom stereocenters. The second-order valence-corrected chi connectivity index (χ2v) is 3.91. The van der Waals surface area contributed by atoms with Gasteiger partial charge in [0.25, 0.3) is 5.91 Å². The van der Waals surface area contributed by atoms with Crippen LogP contribution in [0, 0.1) is 5.92 Å². The van der Waals surface area contributed by atoms with E-state index in [9.17, 15) is 4.79 Å². The summed E-state index contributed by atoms with van der Waals surface area (Å²) in [6.07, 6.45) is 1.35. The highest BCUT2D eigenvalue weighted by atomic mass is 16.3. The van der Waals surface area contributed by atoms with E-state index in [0.717, 1.165) is 12.8 Å². The van der Waals surface area contributed by atoms with E-state index in [4.69, 9.17) is 10.8 Å². The molecule has 6 nitrogen and oxygen atoms in total. The Morgan fingerprint density at radius 2 is 2.47 bits per heavy atom. The summed E-state index contributed by atoms with van der Waals surface area (Å²) < 4.78 is 0. The summed E-state index contributed by atoms with van der Waals surface area (Å²) in [6, 6.07) is 1.49. The van der Waals surface area contributed by atoms with Crippen LogP contribution in [0.15, 0.2) is 6.07 Å². The first kappa shape index (κ1) is 9.97. The Labute approximate surface area is 86.9 Å². The van der Waals surface area contributed by atoms with E-state index in [0.29, 0.717) is 24.0 Å². The Kier molecular flexibility index (Phi) is 2.59. The van der Waals surface area contributed by atoms with Crippen LogP contribution in [0.3, 0.4) is 0 Å². The van der Waals surface area contributed by atoms with Gasteiger partial charge >= 0.3 is 0 Å². The number of hydrogen-bond donors (Lipinski definition) is 4. The Morgan fingerprint density at radius 3 is 3.00 bits per heavy atom. The number of anilines is 1. The van der Waals surface area contributed by atoms with E-state index in [-0.39, 0.29) is 12.0 Å². The first-order valence-corrected chi connectivity index (χ1v) is 4.92. The number of rotatable bonds is 3. The van der Waals surface area contributed by atoms with Crippen molar-refractivity contribution in [1.82, 2.24) is 15.5 Å². The fourth-order valence-corrected chi connectivity index (χ4v) is 1.65. The van der Waals surface area contributed by atoms with Crippen LogP contribution >= 0.6 is 0 Å². The minimum absolute atomic E-state index is 0.185. The van der Waals surface area contributed by atoms with Gasteiger partial charge in [-0.15, -0.1) is 0 Å². The van der Waals surface area contributed by atoms with Crippen LogP contribution in [-0.2, 0) is 0 Å². The first-order chi connectivity index (χ1) is 7.15. The molecule has 0 bridgehead atoms. The van der Waals surface area contributed by atoms with Crippen molar-refractivity contribution in [1.29, 1.82) is 0 Å². The van der Waals surface area contributed by atoms with E-state index in [1.807, 2.05) is 0 Å². The molecule has 1 fully saturated rings. The molecule has 0 aliphatic heterocycles. The van der Waals surface area contributed by atoms with Crippen molar-refractivity contribution >= 4 is 11.7 Å². The summed E-state index contributed by atoms with van der Waals surface area (Å²) in [5.41, 5.74) is 5.74. The van der Waals surface area contributed by atoms with Crippen LogP contribution in [0.1, 0.15) is 23.3 Å². The van der Waals surface area contributed by atoms with Crippen LogP contribution in [0.25, 0.3) is 0 Å². The number of H-pyrrole nitrogens is 1. The van der Waals surface area contributed by atoms with Crippen molar-refractivity contribution < 1.29 is 9.90 Å². The molecular weight excluding hydrogens is 196 g/mol. The number of carbonyl (C=O) groups is 1. The highest BCUT2D eigenvalue weighted by Crippen LogP contribution is 2.26. The van der Waals surface area contributed by atoms with Gasteiger partial charge in [-0.05, 0) is 18.8 Å². The number of nitrogen functional groups attached to an aromatic ring is 1. The third kappa shape index (κ3) is 2.27. The molecule has 1 aliphatic carbocycles. The molecule has 0 atom stereocenters. The van der Waals surface area contributed by atoms with Crippen molar-refractivity contribution in [2.75, 3.05) is 12.3 Å². The zero-order valence-corrected chi connectivity index (χ0v) is 8.23. The molecule has 1 aromatic heterocycles. The van der Waals surface area contributed by atoms with Crippen molar-refractivity contribution in [3.8, 4) is 0 Å². The molecule has 0 saturated heterocycles. The lowest BCUT2D eigenvalue weighted by Crippen LogP contribution is -2.38. The molecule has 82 valence electrons. The highest BCUT2D eigenvalue weighted by Gasteiger charge is 2.27. The van der Waals surface area contributed by atoms with Gasteiger partial charge in [-0.25, -0.2) is 0 Å². The van der Waals surface area contributed by atoms with Crippen molar-refractivity contribution in [2.45, 2.75) is 18.9 Å². The fraction of sp³-hybridized carbons (Fsp3) is 0.556. The van der Waals surface area contributed by atoms with Gasteiger partial charge < -0.3 is 16.2 Å². The largest absolute Gasteiger partial charge is 0.393 e. The molecule has 1 heterocycles. The number of amides is 1. The summed E-state index contributed by atoms with van der Waals surface area (Å²) >= 11 is 0. The molecule has 1 amide bonds. The predicted molar refractivity (Wildman–Crippen MR) is 54.1 cm³/mol. The SMILES string of the molecule is Nc1cc(C(=O)NCC2CC(O)C2)[nH]n1. The third-order valence-electron chi connectivity index (χ3n) is 2.60. The van der Waals surface area contributed by atoms with Crippen LogP contribution in [0.2, 0.25) is 0 Å². The van der Waals surface area contributed by atoms with Gasteiger partial charge in [-0.2, -0.15) is 5.10 Å². The molecule has 1 aromatic rings. The lowest BCUT2D eigenvalue weighted by molar-refractivity contribution is 0.0419. The minimum Gasteiger partial charge on any atom is -0.393 e. The van der Waals surface area contributed by atoms with Crippen molar-refractivity contribution in [3.63, 3.8) is 0 Å². The van der Waals surface area contributed by atoms with E-state index in [2.05, 4.69) is 15.5 Å². The zero-order valence-electron chi connectivity index (χ0n) is 8.23. The molecule has 0 radical (unpaired) electrons. The molecular formula is C9H14N4O2. The van der Waals surface area contributed by atoms with Crippen LogP contribution < -0.4 is 11.1 Å². The number of nitrogens with zero attached hydrogens (tertiary/aromatic N) is 1. The lowest BCUT2D eigenvalue weighted by Gasteiger charge is -2.31. The van der Waals surface area contributed by atoms with Gasteiger partial charge in [0.2, 0.25) is 0 Å². The molecule has 2 rings (SSSR count). The molecule has 1 aliphatic rings. The molecule has 0 spiro atoms. The number of aliphatic hydroxyl groups is 1. The Bertz CT molecular complexity index is 357. The second-order valence-electron chi connectivity index (χ2n) is 3.91. The Morgan fingerprint density at radius 1 is 1.73 bits per heavy atom. The van der Waals surface area contributed by atoms with Gasteiger partial charge in [-0.3, -0.25) is 9.89 Å². The van der Waals surface area contributed by atoms with Gasteiger partial charge in [0.15, 0.2) is 0 Å². The molecule has 5 N–H and O–H groups in total. The normalized spacial score (nSPS) is 24.6. The minimum atomic E-state index is -0.208. The maximum Gasteiger partial charge on any atom is 0.269 e. The summed E-state index contributed by atoms with van der Waals surface area (Å²) in [5.74, 6) is 0.490. The van der Waals surface area contributed by atoms with Crippen LogP contribution in [0.4, 0.5) is 5.82 Å². The molecule has 6 heteroatoms. The molecule has 0 aromatic carbocycles. The summed E-state index contributed by atoms with van der Waals surface area (Å²) in [6.45, 7) is 0.592. The van der Waals surface area contributed by atoms with E-state index in [1.165, 1.54) is 6.07 Å². The summed E-state index contributed by atoms with van der Waals surface area (Å²) in [5, 5.41) is 18.0. The van der Waals surface area contributed by atoms with E-state index < -0.39 is 0 Å². The first-order valence-electron chi connectivity index (χ1n) is 4.92. The Hall–Kier alpha value is -1.56. The van der Waals surface area contributed by atoms with E-state index >= 15 is 0 Å². The predicted octanol–water partition coefficient (Wildman–Crippen LogP) is -0.507. The number of nitrogens with two attached hydrogens (primary N) is 1. The third-order valence-corrected chi connectivity index (χ3v) is 2.60. The van der Waals surface area contributed by atoms with Gasteiger partial charge in [0.05, 0.1) is 6.10 Å². The number of hydrogen-bond acceptors (Lipinski definition) is 4. The zero-order chi connectivity index (χ0) is 10.8. The van der Waals surface area contributed by atoms with Gasteiger partial charge in [0.1, 0.15) is 11.5 Å². The van der Waals surface area contributed by atoms with Crippen LogP contribution in [-0.4, -0.2) is 33.9 Å². The number of carbonyl (C=O) groups excluding carboxylic acids is 1. The second kappa shape index (κ2) is 3.90. The maximum atomic E-state index is 11.5. The van der Waals surface area contributed by atoms with Crippen molar-refractivity contribution in [2.24, 2.45) is 5.92 Å². The standard InChI is InChI=1S/C9H14N4O2/c10-8-3-7(12-13-8)9(15)11-4-5-1-6(14)2-5/h3,5-6,14H,1-2,4H2,(H,11,15)(H3,10,12,13). The van der Waals surface area contributed by atoms with Crippen LogP contribution in [0.5, 0.6) is 0 Å². The Balaban J connectivity index is 1.78. The lowest BCUT2D eigenvalue weighted by atomic mass is 9.82. The fourth-order valence-electron chi connectivity index (χ4n) is 1.65. The van der Waals surface area contributed by atoms with Crippen molar-refractivity contribution in [3.05, 3.63) is 11.8 Å². The smallest absolute Gasteiger partial charge is 0.269 e. The monoisotopic (exact) mass is 210 g/mol. The number of aromatic amines is 1. The average Bonchev–Trinajstić information content (AvgIpc) is 2.57. The number of aliphatic hydroxyl groups excluding tert-OH is 1. The summed E-state index contributed by atoms with van der Waals surface area (Å²) in [4.78, 5) is 11.5. The van der Waals surface area contributed by atoms with Gasteiger partial charge in [0, 0.05) is 12.6 Å². The van der Waals surface area contributed by atoms with E-state index in [1.54, 1.807) is 0 Å².